The monoisotopic (exact) mass is 378 g/mol. The molecule has 1 heterocycles. The van der Waals surface area contributed by atoms with Crippen molar-refractivity contribution in [3.63, 3.8) is 0 Å². The van der Waals surface area contributed by atoms with E-state index in [-0.39, 0.29) is 43.2 Å². The zero-order valence-corrected chi connectivity index (χ0v) is 16.9. The molecule has 1 aromatic rings. The smallest absolute Gasteiger partial charge is 0.311 e. The van der Waals surface area contributed by atoms with Crippen molar-refractivity contribution in [3.8, 4) is 0 Å². The van der Waals surface area contributed by atoms with Gasteiger partial charge in [-0.1, -0.05) is 37.3 Å². The second-order valence-corrected chi connectivity index (χ2v) is 8.68. The first-order valence-electron chi connectivity index (χ1n) is 9.88. The minimum absolute atomic E-state index is 0.147. The van der Waals surface area contributed by atoms with Crippen LogP contribution in [-0.2, 0) is 20.7 Å². The second kappa shape index (κ2) is 9.67. The van der Waals surface area contributed by atoms with Gasteiger partial charge < -0.3 is 19.7 Å². The van der Waals surface area contributed by atoms with E-state index in [9.17, 15) is 9.90 Å². The number of aryl methyl sites for hydroxylation is 1. The predicted molar refractivity (Wildman–Crippen MR) is 104 cm³/mol. The molecule has 0 amide bonds. The van der Waals surface area contributed by atoms with Gasteiger partial charge in [-0.25, -0.2) is 0 Å². The summed E-state index contributed by atoms with van der Waals surface area (Å²) in [5.41, 5.74) is 0.727. The van der Waals surface area contributed by atoms with Gasteiger partial charge in [-0.15, -0.1) is 0 Å². The second-order valence-electron chi connectivity index (χ2n) is 8.68. The van der Waals surface area contributed by atoms with Gasteiger partial charge in [0.2, 0.25) is 0 Å². The molecule has 0 aliphatic carbocycles. The van der Waals surface area contributed by atoms with E-state index in [0.29, 0.717) is 6.42 Å². The van der Waals surface area contributed by atoms with E-state index in [1.165, 1.54) is 5.56 Å². The number of esters is 1. The maximum absolute atomic E-state index is 12.1. The van der Waals surface area contributed by atoms with Crippen LogP contribution in [0.1, 0.15) is 46.1 Å². The van der Waals surface area contributed by atoms with Crippen molar-refractivity contribution in [1.82, 2.24) is 0 Å². The minimum Gasteiger partial charge on any atom is -0.463 e. The third-order valence-electron chi connectivity index (χ3n) is 5.40. The predicted octanol–water partition coefficient (Wildman–Crippen LogP) is 2.97. The van der Waals surface area contributed by atoms with Crippen LogP contribution in [0.3, 0.4) is 0 Å². The molecule has 152 valence electrons. The fourth-order valence-corrected chi connectivity index (χ4v) is 3.64. The van der Waals surface area contributed by atoms with E-state index in [4.69, 9.17) is 14.6 Å². The number of ether oxygens (including phenoxy) is 2. The normalized spacial score (nSPS) is 26.7. The van der Waals surface area contributed by atoms with Gasteiger partial charge in [0.1, 0.15) is 6.61 Å². The van der Waals surface area contributed by atoms with Crippen molar-refractivity contribution >= 4 is 5.97 Å². The largest absolute Gasteiger partial charge is 0.463 e. The summed E-state index contributed by atoms with van der Waals surface area (Å²) in [6.07, 6.45) is 1.12. The molecule has 0 radical (unpaired) electrons. The average Bonchev–Trinajstić information content (AvgIpc) is 2.92. The van der Waals surface area contributed by atoms with Gasteiger partial charge in [0, 0.05) is 6.42 Å². The summed E-state index contributed by atoms with van der Waals surface area (Å²) in [5, 5.41) is 19.0. The van der Waals surface area contributed by atoms with Crippen LogP contribution in [0.4, 0.5) is 0 Å². The Morgan fingerprint density at radius 2 is 1.89 bits per heavy atom. The lowest BCUT2D eigenvalue weighted by Gasteiger charge is -2.23. The first-order valence-corrected chi connectivity index (χ1v) is 9.88. The summed E-state index contributed by atoms with van der Waals surface area (Å²) < 4.78 is 11.7. The Morgan fingerprint density at radius 3 is 2.48 bits per heavy atom. The average molecular weight is 379 g/mol. The molecule has 0 bridgehead atoms. The van der Waals surface area contributed by atoms with Crippen LogP contribution in [0, 0.1) is 17.3 Å². The molecular weight excluding hydrogens is 344 g/mol. The number of aliphatic hydroxyl groups is 2. The van der Waals surface area contributed by atoms with Crippen molar-refractivity contribution in [2.45, 2.75) is 65.3 Å². The van der Waals surface area contributed by atoms with Crippen LogP contribution in [0.2, 0.25) is 0 Å². The quantitative estimate of drug-likeness (QED) is 0.680. The SMILES string of the molecule is C[C@@H]1C(CCc2ccccc2)[C@H](COC(=O)C(C)(C)C)O[C@@H]1CC(O)CO. The number of carbonyl (C=O) groups is 1. The van der Waals surface area contributed by atoms with E-state index in [2.05, 4.69) is 19.1 Å². The Kier molecular flexibility index (Phi) is 7.83. The summed E-state index contributed by atoms with van der Waals surface area (Å²) in [6, 6.07) is 10.3. The molecule has 5 atom stereocenters. The molecule has 1 saturated heterocycles. The zero-order valence-electron chi connectivity index (χ0n) is 16.9. The molecule has 1 fully saturated rings. The fraction of sp³-hybridized carbons (Fsp3) is 0.682. The van der Waals surface area contributed by atoms with Crippen molar-refractivity contribution < 1.29 is 24.5 Å². The molecule has 2 rings (SSSR count). The molecule has 1 aliphatic heterocycles. The van der Waals surface area contributed by atoms with E-state index in [1.807, 2.05) is 39.0 Å². The number of hydrogen-bond donors (Lipinski definition) is 2. The van der Waals surface area contributed by atoms with Gasteiger partial charge in [0.15, 0.2) is 0 Å². The molecule has 1 aliphatic rings. The molecule has 5 nitrogen and oxygen atoms in total. The Hall–Kier alpha value is -1.43. The van der Waals surface area contributed by atoms with Gasteiger partial charge in [-0.3, -0.25) is 4.79 Å². The van der Waals surface area contributed by atoms with E-state index >= 15 is 0 Å². The number of aliphatic hydroxyl groups excluding tert-OH is 2. The van der Waals surface area contributed by atoms with Crippen LogP contribution in [0.25, 0.3) is 0 Å². The molecule has 2 N–H and O–H groups in total. The lowest BCUT2D eigenvalue weighted by atomic mass is 9.83. The number of rotatable bonds is 8. The van der Waals surface area contributed by atoms with Crippen molar-refractivity contribution in [2.24, 2.45) is 17.3 Å². The molecular formula is C22H34O5. The standard InChI is InChI=1S/C22H34O5/c1-15-18(11-10-16-8-6-5-7-9-16)20(14-26-21(25)22(2,3)4)27-19(15)12-17(24)13-23/h5-9,15,17-20,23-24H,10-14H2,1-4H3/t15-,17?,18?,19-,20+/m1/s1. The van der Waals surface area contributed by atoms with Gasteiger partial charge in [-0.05, 0) is 51.0 Å². The maximum atomic E-state index is 12.1. The van der Waals surface area contributed by atoms with Gasteiger partial charge >= 0.3 is 5.97 Å². The van der Waals surface area contributed by atoms with E-state index in [0.717, 1.165) is 12.8 Å². The van der Waals surface area contributed by atoms with Gasteiger partial charge in [0.25, 0.3) is 0 Å². The maximum Gasteiger partial charge on any atom is 0.311 e. The van der Waals surface area contributed by atoms with Crippen LogP contribution < -0.4 is 0 Å². The summed E-state index contributed by atoms with van der Waals surface area (Å²) in [7, 11) is 0. The molecule has 0 aromatic heterocycles. The Balaban J connectivity index is 2.03. The highest BCUT2D eigenvalue weighted by Crippen LogP contribution is 2.38. The highest BCUT2D eigenvalue weighted by molar-refractivity contribution is 5.75. The van der Waals surface area contributed by atoms with Crippen molar-refractivity contribution in [2.75, 3.05) is 13.2 Å². The first-order chi connectivity index (χ1) is 12.7. The first kappa shape index (κ1) is 21.9. The van der Waals surface area contributed by atoms with Crippen LogP contribution in [-0.4, -0.2) is 47.7 Å². The van der Waals surface area contributed by atoms with E-state index < -0.39 is 11.5 Å². The Labute approximate surface area is 162 Å². The van der Waals surface area contributed by atoms with E-state index in [1.54, 1.807) is 0 Å². The number of benzene rings is 1. The third-order valence-corrected chi connectivity index (χ3v) is 5.40. The molecule has 27 heavy (non-hydrogen) atoms. The molecule has 2 unspecified atom stereocenters. The topological polar surface area (TPSA) is 76.0 Å². The van der Waals surface area contributed by atoms with Crippen molar-refractivity contribution in [1.29, 1.82) is 0 Å². The van der Waals surface area contributed by atoms with Crippen LogP contribution in [0.15, 0.2) is 30.3 Å². The zero-order chi connectivity index (χ0) is 20.0. The number of carbonyl (C=O) groups excluding carboxylic acids is 1. The Bertz CT molecular complexity index is 580. The number of hydrogen-bond acceptors (Lipinski definition) is 5. The molecule has 1 aromatic carbocycles. The fourth-order valence-electron chi connectivity index (χ4n) is 3.64. The van der Waals surface area contributed by atoms with Crippen LogP contribution in [0.5, 0.6) is 0 Å². The molecule has 5 heteroatoms. The highest BCUT2D eigenvalue weighted by atomic mass is 16.6. The molecule has 0 saturated carbocycles. The highest BCUT2D eigenvalue weighted by Gasteiger charge is 2.42. The lowest BCUT2D eigenvalue weighted by Crippen LogP contribution is -2.30. The van der Waals surface area contributed by atoms with Gasteiger partial charge in [0.05, 0.1) is 30.3 Å². The minimum atomic E-state index is -0.789. The van der Waals surface area contributed by atoms with Crippen molar-refractivity contribution in [3.05, 3.63) is 35.9 Å². The van der Waals surface area contributed by atoms with Gasteiger partial charge in [-0.2, -0.15) is 0 Å². The summed E-state index contributed by atoms with van der Waals surface area (Å²) in [4.78, 5) is 12.1. The Morgan fingerprint density at radius 1 is 1.22 bits per heavy atom. The summed E-state index contributed by atoms with van der Waals surface area (Å²) >= 11 is 0. The molecule has 0 spiro atoms. The lowest BCUT2D eigenvalue weighted by molar-refractivity contribution is -0.157. The van der Waals surface area contributed by atoms with Crippen LogP contribution >= 0.6 is 0 Å². The third kappa shape index (κ3) is 6.30. The summed E-state index contributed by atoms with van der Waals surface area (Å²) in [6.45, 7) is 7.58. The summed E-state index contributed by atoms with van der Waals surface area (Å²) in [5.74, 6) is 0.210.